The predicted molar refractivity (Wildman–Crippen MR) is 80.9 cm³/mol. The summed E-state index contributed by atoms with van der Waals surface area (Å²) < 4.78 is 2.51. The molecule has 0 spiro atoms. The molecule has 4 rings (SSSR count). The molecule has 3 aromatic heterocycles. The van der Waals surface area contributed by atoms with Gasteiger partial charge in [0.15, 0.2) is 0 Å². The van der Waals surface area contributed by atoms with E-state index in [-0.39, 0.29) is 0 Å². The zero-order valence-corrected chi connectivity index (χ0v) is 11.9. The third-order valence-corrected chi connectivity index (χ3v) is 4.56. The number of aromatic amines is 1. The second-order valence-corrected chi connectivity index (χ2v) is 5.78. The molecule has 3 heterocycles. The van der Waals surface area contributed by atoms with Crippen LogP contribution in [0.25, 0.3) is 22.1 Å². The van der Waals surface area contributed by atoms with Crippen LogP contribution in [0, 0.1) is 0 Å². The first-order valence-electron chi connectivity index (χ1n) is 7.71. The molecule has 1 aliphatic rings. The molecule has 104 valence electrons. The van der Waals surface area contributed by atoms with Gasteiger partial charge in [-0.2, -0.15) is 0 Å². The summed E-state index contributed by atoms with van der Waals surface area (Å²) in [5.41, 5.74) is 3.29. The van der Waals surface area contributed by atoms with Gasteiger partial charge in [0.1, 0.15) is 17.0 Å². The molecule has 1 N–H and O–H groups in total. The van der Waals surface area contributed by atoms with E-state index in [1.807, 2.05) is 12.4 Å². The van der Waals surface area contributed by atoms with E-state index >= 15 is 0 Å². The summed E-state index contributed by atoms with van der Waals surface area (Å²) in [6.45, 7) is 2.20. The number of hydrogen-bond acceptors (Lipinski definition) is 2. The van der Waals surface area contributed by atoms with Crippen LogP contribution in [0.4, 0.5) is 0 Å². The largest absolute Gasteiger partial charge is 0.346 e. The van der Waals surface area contributed by atoms with Gasteiger partial charge in [-0.3, -0.25) is 0 Å². The first-order chi connectivity index (χ1) is 9.88. The molecule has 0 unspecified atom stereocenters. The van der Waals surface area contributed by atoms with Gasteiger partial charge in [0.25, 0.3) is 0 Å². The van der Waals surface area contributed by atoms with Crippen molar-refractivity contribution >= 4 is 22.1 Å². The highest BCUT2D eigenvalue weighted by atomic mass is 15.1. The molecule has 1 aliphatic carbocycles. The van der Waals surface area contributed by atoms with E-state index in [0.29, 0.717) is 6.04 Å². The molecule has 0 amide bonds. The fourth-order valence-corrected chi connectivity index (χ4v) is 3.62. The molecule has 0 saturated heterocycles. The van der Waals surface area contributed by atoms with Crippen molar-refractivity contribution in [3.8, 4) is 0 Å². The van der Waals surface area contributed by atoms with Crippen LogP contribution in [-0.4, -0.2) is 19.5 Å². The summed E-state index contributed by atoms with van der Waals surface area (Å²) in [6, 6.07) is 2.75. The molecule has 3 aromatic rings. The van der Waals surface area contributed by atoms with Gasteiger partial charge in [-0.25, -0.2) is 9.97 Å². The van der Waals surface area contributed by atoms with E-state index in [2.05, 4.69) is 27.5 Å². The number of H-pyrrole nitrogens is 1. The quantitative estimate of drug-likeness (QED) is 0.764. The van der Waals surface area contributed by atoms with Gasteiger partial charge >= 0.3 is 0 Å². The van der Waals surface area contributed by atoms with Crippen molar-refractivity contribution in [1.82, 2.24) is 19.5 Å². The summed E-state index contributed by atoms with van der Waals surface area (Å²) in [4.78, 5) is 12.5. The molecule has 4 nitrogen and oxygen atoms in total. The molecule has 0 aromatic carbocycles. The minimum Gasteiger partial charge on any atom is -0.346 e. The van der Waals surface area contributed by atoms with Gasteiger partial charge in [0.2, 0.25) is 0 Å². The van der Waals surface area contributed by atoms with Crippen LogP contribution in [0.2, 0.25) is 0 Å². The Balaban J connectivity index is 2.01. The number of imidazole rings is 1. The van der Waals surface area contributed by atoms with Gasteiger partial charge in [-0.15, -0.1) is 0 Å². The third kappa shape index (κ3) is 1.67. The highest BCUT2D eigenvalue weighted by Gasteiger charge is 2.22. The molecule has 0 aliphatic heterocycles. The number of pyridine rings is 1. The van der Waals surface area contributed by atoms with Gasteiger partial charge in [-0.05, 0) is 18.9 Å². The lowest BCUT2D eigenvalue weighted by atomic mass is 9.95. The van der Waals surface area contributed by atoms with Crippen molar-refractivity contribution in [2.24, 2.45) is 0 Å². The van der Waals surface area contributed by atoms with Crippen molar-refractivity contribution < 1.29 is 0 Å². The summed E-state index contributed by atoms with van der Waals surface area (Å²) in [7, 11) is 0. The number of aryl methyl sites for hydroxylation is 1. The van der Waals surface area contributed by atoms with E-state index in [0.717, 1.165) is 17.6 Å². The zero-order valence-electron chi connectivity index (χ0n) is 11.9. The van der Waals surface area contributed by atoms with Crippen molar-refractivity contribution in [2.75, 3.05) is 0 Å². The molecular formula is C16H20N4. The first kappa shape index (κ1) is 11.9. The number of fused-ring (bicyclic) bond motifs is 3. The standard InChI is InChI=1S/C16H20N4/c1-2-14-19-13-10-18-16-12(8-9-17-16)15(13)20(14)11-6-4-3-5-7-11/h8-11H,2-7H2,1H3,(H,17,18). The van der Waals surface area contributed by atoms with Crippen molar-refractivity contribution in [3.63, 3.8) is 0 Å². The van der Waals surface area contributed by atoms with Crippen molar-refractivity contribution in [3.05, 3.63) is 24.3 Å². The maximum absolute atomic E-state index is 4.82. The van der Waals surface area contributed by atoms with Crippen LogP contribution in [0.1, 0.15) is 50.9 Å². The lowest BCUT2D eigenvalue weighted by molar-refractivity contribution is 0.353. The second kappa shape index (κ2) is 4.62. The van der Waals surface area contributed by atoms with Crippen LogP contribution in [0.15, 0.2) is 18.5 Å². The highest BCUT2D eigenvalue weighted by molar-refractivity contribution is 6.01. The summed E-state index contributed by atoms with van der Waals surface area (Å²) >= 11 is 0. The maximum Gasteiger partial charge on any atom is 0.139 e. The van der Waals surface area contributed by atoms with Crippen LogP contribution in [0.5, 0.6) is 0 Å². The van der Waals surface area contributed by atoms with E-state index in [9.17, 15) is 0 Å². The molecule has 0 atom stereocenters. The highest BCUT2D eigenvalue weighted by Crippen LogP contribution is 2.34. The van der Waals surface area contributed by atoms with E-state index in [1.54, 1.807) is 0 Å². The third-order valence-electron chi connectivity index (χ3n) is 4.56. The fraction of sp³-hybridized carbons (Fsp3) is 0.500. The Morgan fingerprint density at radius 1 is 1.30 bits per heavy atom. The summed E-state index contributed by atoms with van der Waals surface area (Å²) in [5, 5.41) is 1.21. The Morgan fingerprint density at radius 3 is 2.95 bits per heavy atom. The van der Waals surface area contributed by atoms with E-state index in [4.69, 9.17) is 4.98 Å². The lowest BCUT2D eigenvalue weighted by Gasteiger charge is -2.25. The number of rotatable bonds is 2. The second-order valence-electron chi connectivity index (χ2n) is 5.78. The Hall–Kier alpha value is -1.84. The van der Waals surface area contributed by atoms with Gasteiger partial charge < -0.3 is 9.55 Å². The molecule has 0 radical (unpaired) electrons. The molecule has 0 bridgehead atoms. The average molecular weight is 268 g/mol. The summed E-state index contributed by atoms with van der Waals surface area (Å²) in [6.07, 6.45) is 11.5. The average Bonchev–Trinajstić information content (AvgIpc) is 3.11. The number of aromatic nitrogens is 4. The number of nitrogens with one attached hydrogen (secondary N) is 1. The van der Waals surface area contributed by atoms with Crippen LogP contribution >= 0.6 is 0 Å². The van der Waals surface area contributed by atoms with Gasteiger partial charge in [0, 0.05) is 24.0 Å². The van der Waals surface area contributed by atoms with E-state index < -0.39 is 0 Å². The van der Waals surface area contributed by atoms with E-state index in [1.165, 1.54) is 48.8 Å². The van der Waals surface area contributed by atoms with Crippen LogP contribution in [0.3, 0.4) is 0 Å². The number of hydrogen-bond donors (Lipinski definition) is 1. The summed E-state index contributed by atoms with van der Waals surface area (Å²) in [5.74, 6) is 1.21. The van der Waals surface area contributed by atoms with Crippen molar-refractivity contribution in [2.45, 2.75) is 51.5 Å². The molecular weight excluding hydrogens is 248 g/mol. The first-order valence-corrected chi connectivity index (χ1v) is 7.71. The van der Waals surface area contributed by atoms with Crippen LogP contribution in [-0.2, 0) is 6.42 Å². The Bertz CT molecular complexity index is 746. The molecule has 20 heavy (non-hydrogen) atoms. The minimum atomic E-state index is 0.615. The zero-order chi connectivity index (χ0) is 13.5. The number of nitrogens with zero attached hydrogens (tertiary/aromatic N) is 3. The fourth-order valence-electron chi connectivity index (χ4n) is 3.62. The topological polar surface area (TPSA) is 46.5 Å². The minimum absolute atomic E-state index is 0.615. The molecule has 1 fully saturated rings. The molecule has 1 saturated carbocycles. The smallest absolute Gasteiger partial charge is 0.139 e. The van der Waals surface area contributed by atoms with Crippen molar-refractivity contribution in [1.29, 1.82) is 0 Å². The maximum atomic E-state index is 4.82. The predicted octanol–water partition coefficient (Wildman–Crippen LogP) is 3.98. The SMILES string of the molecule is CCc1nc2cnc3[nH]ccc3c2n1C1CCCCC1. The lowest BCUT2D eigenvalue weighted by Crippen LogP contribution is -2.15. The Morgan fingerprint density at radius 2 is 2.15 bits per heavy atom. The molecule has 4 heteroatoms. The monoisotopic (exact) mass is 268 g/mol. The van der Waals surface area contributed by atoms with Gasteiger partial charge in [0.05, 0.1) is 11.7 Å². The Kier molecular flexibility index (Phi) is 2.76. The normalized spacial score (nSPS) is 17.2. The van der Waals surface area contributed by atoms with Gasteiger partial charge in [-0.1, -0.05) is 26.2 Å². The van der Waals surface area contributed by atoms with Crippen LogP contribution < -0.4 is 0 Å². The Labute approximate surface area is 118 Å².